The number of pyridine rings is 1. The van der Waals surface area contributed by atoms with Crippen molar-refractivity contribution in [2.24, 2.45) is 10.9 Å². The summed E-state index contributed by atoms with van der Waals surface area (Å²) in [6.45, 7) is 1.97. The summed E-state index contributed by atoms with van der Waals surface area (Å²) in [5.41, 5.74) is -1.09. The van der Waals surface area contributed by atoms with Crippen LogP contribution in [-0.4, -0.2) is 22.9 Å². The van der Waals surface area contributed by atoms with Crippen LogP contribution < -0.4 is 16.2 Å². The lowest BCUT2D eigenvalue weighted by Gasteiger charge is -2.26. The SMILES string of the molecule is C[C@@H](N=C(NC(=O)c1ccc(C(F)(F)F)cc1)Nc1cccc(=O)[nH]1)C1CCCCC1. The standard InChI is InChI=1S/C22H25F3N4O2/c1-14(15-6-3-2-4-7-15)26-21(28-18-8-5-9-19(30)27-18)29-20(31)16-10-12-17(13-11-16)22(23,24)25/h5,8-15H,2-4,6-7H2,1H3,(H3,26,27,28,29,30,31)/t14-/m1/s1. The number of halogens is 3. The van der Waals surface area contributed by atoms with Gasteiger partial charge in [-0.3, -0.25) is 14.9 Å². The number of anilines is 1. The van der Waals surface area contributed by atoms with Gasteiger partial charge in [-0.15, -0.1) is 0 Å². The highest BCUT2D eigenvalue weighted by Gasteiger charge is 2.30. The average Bonchev–Trinajstić information content (AvgIpc) is 2.73. The number of amides is 1. The van der Waals surface area contributed by atoms with Gasteiger partial charge in [-0.1, -0.05) is 25.3 Å². The van der Waals surface area contributed by atoms with Crippen molar-refractivity contribution in [3.63, 3.8) is 0 Å². The number of benzene rings is 1. The quantitative estimate of drug-likeness (QED) is 0.487. The minimum Gasteiger partial charge on any atom is -0.312 e. The molecule has 0 saturated heterocycles. The molecule has 31 heavy (non-hydrogen) atoms. The van der Waals surface area contributed by atoms with Gasteiger partial charge in [0.25, 0.3) is 5.91 Å². The van der Waals surface area contributed by atoms with E-state index in [-0.39, 0.29) is 23.1 Å². The molecule has 1 aliphatic carbocycles. The molecule has 0 spiro atoms. The van der Waals surface area contributed by atoms with Crippen LogP contribution >= 0.6 is 0 Å². The van der Waals surface area contributed by atoms with Crippen LogP contribution in [0.1, 0.15) is 54.9 Å². The first kappa shape index (κ1) is 22.6. The van der Waals surface area contributed by atoms with Crippen LogP contribution in [0.3, 0.4) is 0 Å². The van der Waals surface area contributed by atoms with Gasteiger partial charge in [0.05, 0.1) is 11.6 Å². The normalized spacial score (nSPS) is 16.6. The monoisotopic (exact) mass is 434 g/mol. The molecule has 2 aromatic rings. The number of H-pyrrole nitrogens is 1. The summed E-state index contributed by atoms with van der Waals surface area (Å²) >= 11 is 0. The van der Waals surface area contributed by atoms with E-state index >= 15 is 0 Å². The molecule has 0 radical (unpaired) electrons. The molecule has 9 heteroatoms. The number of hydrogen-bond donors (Lipinski definition) is 3. The van der Waals surface area contributed by atoms with Gasteiger partial charge in [0.1, 0.15) is 5.82 Å². The molecule has 1 amide bonds. The zero-order valence-corrected chi connectivity index (χ0v) is 17.1. The lowest BCUT2D eigenvalue weighted by Crippen LogP contribution is -2.38. The summed E-state index contributed by atoms with van der Waals surface area (Å²) in [5.74, 6) is 0.247. The Balaban J connectivity index is 1.80. The Hall–Kier alpha value is -3.10. The molecule has 1 aromatic heterocycles. The third-order valence-electron chi connectivity index (χ3n) is 5.39. The minimum absolute atomic E-state index is 0.0642. The van der Waals surface area contributed by atoms with E-state index in [0.717, 1.165) is 49.9 Å². The molecule has 1 aromatic carbocycles. The predicted octanol–water partition coefficient (Wildman–Crippen LogP) is 4.56. The maximum absolute atomic E-state index is 12.8. The topological polar surface area (TPSA) is 86.3 Å². The molecule has 1 heterocycles. The van der Waals surface area contributed by atoms with Crippen LogP contribution in [0, 0.1) is 5.92 Å². The molecule has 0 bridgehead atoms. The number of guanidine groups is 1. The molecular weight excluding hydrogens is 409 g/mol. The van der Waals surface area contributed by atoms with E-state index in [2.05, 4.69) is 20.6 Å². The predicted molar refractivity (Wildman–Crippen MR) is 113 cm³/mol. The van der Waals surface area contributed by atoms with Crippen molar-refractivity contribution in [3.05, 3.63) is 63.9 Å². The molecule has 1 aliphatic rings. The molecule has 0 aliphatic heterocycles. The highest BCUT2D eigenvalue weighted by Crippen LogP contribution is 2.29. The third-order valence-corrected chi connectivity index (χ3v) is 5.39. The maximum atomic E-state index is 12.8. The van der Waals surface area contributed by atoms with E-state index in [4.69, 9.17) is 0 Å². The van der Waals surface area contributed by atoms with Crippen LogP contribution in [0.25, 0.3) is 0 Å². The second-order valence-corrected chi connectivity index (χ2v) is 7.70. The summed E-state index contributed by atoms with van der Waals surface area (Å²) in [6, 6.07) is 8.40. The first-order valence-electron chi connectivity index (χ1n) is 10.2. The van der Waals surface area contributed by atoms with Crippen molar-refractivity contribution >= 4 is 17.7 Å². The third kappa shape index (κ3) is 6.44. The number of aromatic nitrogens is 1. The second-order valence-electron chi connectivity index (χ2n) is 7.70. The second kappa shape index (κ2) is 9.80. The number of nitrogens with one attached hydrogen (secondary N) is 3. The zero-order chi connectivity index (χ0) is 22.4. The number of rotatable bonds is 4. The van der Waals surface area contributed by atoms with Crippen molar-refractivity contribution in [2.75, 3.05) is 5.32 Å². The Morgan fingerprint density at radius 2 is 1.77 bits per heavy atom. The Labute approximate surface area is 178 Å². The first-order chi connectivity index (χ1) is 14.7. The van der Waals surface area contributed by atoms with E-state index < -0.39 is 17.6 Å². The van der Waals surface area contributed by atoms with Gasteiger partial charge >= 0.3 is 6.18 Å². The highest BCUT2D eigenvalue weighted by atomic mass is 19.4. The number of carbonyl (C=O) groups excluding carboxylic acids is 1. The van der Waals surface area contributed by atoms with Crippen molar-refractivity contribution in [3.8, 4) is 0 Å². The van der Waals surface area contributed by atoms with Crippen LogP contribution in [0.15, 0.2) is 52.3 Å². The molecule has 6 nitrogen and oxygen atoms in total. The Kier molecular flexibility index (Phi) is 7.14. The smallest absolute Gasteiger partial charge is 0.312 e. The number of alkyl halides is 3. The van der Waals surface area contributed by atoms with E-state index in [1.807, 2.05) is 6.92 Å². The number of nitrogens with zero attached hydrogens (tertiary/aromatic N) is 1. The molecular formula is C22H25F3N4O2. The number of aliphatic imine (C=N–C) groups is 1. The van der Waals surface area contributed by atoms with Crippen molar-refractivity contribution in [2.45, 2.75) is 51.2 Å². The van der Waals surface area contributed by atoms with Gasteiger partial charge in [0.15, 0.2) is 0 Å². The van der Waals surface area contributed by atoms with Crippen molar-refractivity contribution in [1.82, 2.24) is 10.3 Å². The van der Waals surface area contributed by atoms with Gasteiger partial charge in [-0.05, 0) is 56.0 Å². The maximum Gasteiger partial charge on any atom is 0.416 e. The molecule has 3 N–H and O–H groups in total. The van der Waals surface area contributed by atoms with Crippen molar-refractivity contribution < 1.29 is 18.0 Å². The van der Waals surface area contributed by atoms with Crippen LogP contribution in [-0.2, 0) is 6.18 Å². The summed E-state index contributed by atoms with van der Waals surface area (Å²) in [6.07, 6.45) is 1.10. The highest BCUT2D eigenvalue weighted by molar-refractivity contribution is 6.09. The number of aromatic amines is 1. The summed E-state index contributed by atoms with van der Waals surface area (Å²) in [4.78, 5) is 31.5. The zero-order valence-electron chi connectivity index (χ0n) is 17.1. The molecule has 1 atom stereocenters. The molecule has 3 rings (SSSR count). The molecule has 166 valence electrons. The Morgan fingerprint density at radius 1 is 1.10 bits per heavy atom. The van der Waals surface area contributed by atoms with Crippen LogP contribution in [0.2, 0.25) is 0 Å². The van der Waals surface area contributed by atoms with Gasteiger partial charge < -0.3 is 10.3 Å². The Morgan fingerprint density at radius 3 is 2.39 bits per heavy atom. The van der Waals surface area contributed by atoms with Crippen LogP contribution in [0.4, 0.5) is 19.0 Å². The number of hydrogen-bond acceptors (Lipinski definition) is 3. The summed E-state index contributed by atoms with van der Waals surface area (Å²) in [5, 5.41) is 5.53. The van der Waals surface area contributed by atoms with Gasteiger partial charge in [0, 0.05) is 11.6 Å². The number of carbonyl (C=O) groups is 1. The fourth-order valence-corrected chi connectivity index (χ4v) is 3.66. The average molecular weight is 434 g/mol. The Bertz CT molecular complexity index is 977. The van der Waals surface area contributed by atoms with Gasteiger partial charge in [0.2, 0.25) is 11.5 Å². The van der Waals surface area contributed by atoms with Gasteiger partial charge in [-0.2, -0.15) is 13.2 Å². The molecule has 1 saturated carbocycles. The fraction of sp³-hybridized carbons (Fsp3) is 0.409. The van der Waals surface area contributed by atoms with E-state index in [0.29, 0.717) is 11.7 Å². The van der Waals surface area contributed by atoms with Crippen LogP contribution in [0.5, 0.6) is 0 Å². The largest absolute Gasteiger partial charge is 0.416 e. The molecule has 1 fully saturated rings. The summed E-state index contributed by atoms with van der Waals surface area (Å²) in [7, 11) is 0. The van der Waals surface area contributed by atoms with Crippen molar-refractivity contribution in [1.29, 1.82) is 0 Å². The lowest BCUT2D eigenvalue weighted by molar-refractivity contribution is -0.137. The van der Waals surface area contributed by atoms with E-state index in [9.17, 15) is 22.8 Å². The van der Waals surface area contributed by atoms with E-state index in [1.165, 1.54) is 12.5 Å². The molecule has 0 unspecified atom stereocenters. The minimum atomic E-state index is -4.47. The first-order valence-corrected chi connectivity index (χ1v) is 10.2. The summed E-state index contributed by atoms with van der Waals surface area (Å²) < 4.78 is 38.3. The van der Waals surface area contributed by atoms with E-state index in [1.54, 1.807) is 12.1 Å². The van der Waals surface area contributed by atoms with Gasteiger partial charge in [-0.25, -0.2) is 4.99 Å². The lowest BCUT2D eigenvalue weighted by atomic mass is 9.85. The fourth-order valence-electron chi connectivity index (χ4n) is 3.66.